The second kappa shape index (κ2) is 10.2. The molecule has 0 radical (unpaired) electrons. The molecule has 0 saturated heterocycles. The topological polar surface area (TPSA) is 89.5 Å². The van der Waals surface area contributed by atoms with Gasteiger partial charge in [0.15, 0.2) is 15.6 Å². The number of ether oxygens (including phenoxy) is 1. The molecule has 0 atom stereocenters. The number of sulfone groups is 1. The van der Waals surface area contributed by atoms with Gasteiger partial charge in [0.2, 0.25) is 5.91 Å². The predicted molar refractivity (Wildman–Crippen MR) is 124 cm³/mol. The van der Waals surface area contributed by atoms with E-state index in [1.54, 1.807) is 48.5 Å². The summed E-state index contributed by atoms with van der Waals surface area (Å²) < 4.78 is 30.0. The van der Waals surface area contributed by atoms with Gasteiger partial charge in [-0.3, -0.25) is 9.59 Å². The number of hydrogen-bond acceptors (Lipinski definition) is 5. The summed E-state index contributed by atoms with van der Waals surface area (Å²) >= 11 is 0. The van der Waals surface area contributed by atoms with Crippen molar-refractivity contribution in [3.63, 3.8) is 0 Å². The highest BCUT2D eigenvalue weighted by atomic mass is 32.2. The molecule has 3 rings (SSSR count). The Morgan fingerprint density at radius 3 is 2.28 bits per heavy atom. The highest BCUT2D eigenvalue weighted by molar-refractivity contribution is 7.91. The summed E-state index contributed by atoms with van der Waals surface area (Å²) in [5, 5.41) is 2.76. The maximum Gasteiger partial charge on any atom is 0.224 e. The Kier molecular flexibility index (Phi) is 7.43. The van der Waals surface area contributed by atoms with Crippen LogP contribution in [0.5, 0.6) is 5.75 Å². The smallest absolute Gasteiger partial charge is 0.224 e. The highest BCUT2D eigenvalue weighted by Crippen LogP contribution is 2.22. The van der Waals surface area contributed by atoms with Crippen LogP contribution < -0.4 is 10.1 Å². The van der Waals surface area contributed by atoms with E-state index >= 15 is 0 Å². The van der Waals surface area contributed by atoms with Crippen LogP contribution in [-0.2, 0) is 14.6 Å². The third-order valence-corrected chi connectivity index (χ3v) is 6.78. The summed E-state index contributed by atoms with van der Waals surface area (Å²) in [5.41, 5.74) is 2.23. The van der Waals surface area contributed by atoms with Gasteiger partial charge < -0.3 is 10.1 Å². The standard InChI is InChI=1S/C25H25NO5S/c1-18-10-15-23(22(17-18)25(28)19-7-4-3-5-8-19)26-24(27)9-6-16-32(29,30)21-13-11-20(31-2)12-14-21/h3-5,7-8,10-15,17H,6,9,16H2,1-2H3,(H,26,27). The number of carbonyl (C=O) groups excluding carboxylic acids is 2. The first-order valence-electron chi connectivity index (χ1n) is 10.2. The summed E-state index contributed by atoms with van der Waals surface area (Å²) in [5.74, 6) is -0.119. The van der Waals surface area contributed by atoms with Crippen LogP contribution in [0.3, 0.4) is 0 Å². The van der Waals surface area contributed by atoms with Crippen LogP contribution in [-0.4, -0.2) is 33.0 Å². The van der Waals surface area contributed by atoms with E-state index in [-0.39, 0.29) is 35.2 Å². The molecule has 7 heteroatoms. The van der Waals surface area contributed by atoms with Gasteiger partial charge in [0.1, 0.15) is 5.75 Å². The second-order valence-corrected chi connectivity index (χ2v) is 9.50. The Hall–Kier alpha value is -3.45. The quantitative estimate of drug-likeness (QED) is 0.486. The number of rotatable bonds is 9. The third-order valence-electron chi connectivity index (χ3n) is 4.97. The molecule has 166 valence electrons. The van der Waals surface area contributed by atoms with Gasteiger partial charge in [-0.15, -0.1) is 0 Å². The summed E-state index contributed by atoms with van der Waals surface area (Å²) in [7, 11) is -2.00. The fourth-order valence-electron chi connectivity index (χ4n) is 3.24. The molecule has 0 fully saturated rings. The van der Waals surface area contributed by atoms with E-state index in [2.05, 4.69) is 5.32 Å². The average molecular weight is 452 g/mol. The number of aryl methyl sites for hydroxylation is 1. The van der Waals surface area contributed by atoms with Crippen LogP contribution in [0.2, 0.25) is 0 Å². The van der Waals surface area contributed by atoms with Gasteiger partial charge in [0.05, 0.1) is 23.4 Å². The van der Waals surface area contributed by atoms with E-state index in [1.165, 1.54) is 19.2 Å². The van der Waals surface area contributed by atoms with E-state index in [9.17, 15) is 18.0 Å². The second-order valence-electron chi connectivity index (χ2n) is 7.39. The Morgan fingerprint density at radius 2 is 1.62 bits per heavy atom. The van der Waals surface area contributed by atoms with E-state index < -0.39 is 9.84 Å². The van der Waals surface area contributed by atoms with Gasteiger partial charge in [-0.2, -0.15) is 0 Å². The van der Waals surface area contributed by atoms with Crippen molar-refractivity contribution in [1.82, 2.24) is 0 Å². The van der Waals surface area contributed by atoms with Gasteiger partial charge in [-0.25, -0.2) is 8.42 Å². The molecule has 0 aromatic heterocycles. The minimum Gasteiger partial charge on any atom is -0.497 e. The molecule has 1 N–H and O–H groups in total. The first-order chi connectivity index (χ1) is 15.3. The molecule has 32 heavy (non-hydrogen) atoms. The minimum atomic E-state index is -3.51. The molecule has 0 aliphatic rings. The summed E-state index contributed by atoms with van der Waals surface area (Å²) in [6.07, 6.45) is 0.177. The number of anilines is 1. The van der Waals surface area contributed by atoms with E-state index in [0.717, 1.165) is 5.56 Å². The van der Waals surface area contributed by atoms with Crippen LogP contribution in [0.15, 0.2) is 77.7 Å². The largest absolute Gasteiger partial charge is 0.497 e. The Morgan fingerprint density at radius 1 is 0.938 bits per heavy atom. The Labute approximate surface area is 188 Å². The van der Waals surface area contributed by atoms with Crippen LogP contribution in [0, 0.1) is 6.92 Å². The van der Waals surface area contributed by atoms with E-state index in [1.807, 2.05) is 19.1 Å². The van der Waals surface area contributed by atoms with Crippen molar-refractivity contribution in [1.29, 1.82) is 0 Å². The molecule has 3 aromatic carbocycles. The number of amides is 1. The molecule has 0 aliphatic carbocycles. The molecule has 0 spiro atoms. The van der Waals surface area contributed by atoms with Gasteiger partial charge in [-0.05, 0) is 49.7 Å². The number of benzene rings is 3. The fourth-order valence-corrected chi connectivity index (χ4v) is 4.55. The number of carbonyl (C=O) groups is 2. The molecular formula is C25H25NO5S. The Bertz CT molecular complexity index is 1200. The molecule has 1 amide bonds. The van der Waals surface area contributed by atoms with Crippen molar-refractivity contribution in [2.75, 3.05) is 18.2 Å². The zero-order valence-corrected chi connectivity index (χ0v) is 18.8. The highest BCUT2D eigenvalue weighted by Gasteiger charge is 2.18. The molecule has 6 nitrogen and oxygen atoms in total. The number of methoxy groups -OCH3 is 1. The van der Waals surface area contributed by atoms with Gasteiger partial charge in [0.25, 0.3) is 0 Å². The number of hydrogen-bond donors (Lipinski definition) is 1. The Balaban J connectivity index is 1.64. The monoisotopic (exact) mass is 451 g/mol. The van der Waals surface area contributed by atoms with Gasteiger partial charge >= 0.3 is 0 Å². The van der Waals surface area contributed by atoms with Crippen molar-refractivity contribution in [2.24, 2.45) is 0 Å². The van der Waals surface area contributed by atoms with Crippen molar-refractivity contribution >= 4 is 27.2 Å². The summed E-state index contributed by atoms with van der Waals surface area (Å²) in [6.45, 7) is 1.87. The van der Waals surface area contributed by atoms with Gasteiger partial charge in [-0.1, -0.05) is 42.0 Å². The lowest BCUT2D eigenvalue weighted by atomic mass is 9.99. The van der Waals surface area contributed by atoms with Crippen LogP contribution in [0.4, 0.5) is 5.69 Å². The molecule has 0 bridgehead atoms. The molecule has 0 aliphatic heterocycles. The first-order valence-corrected chi connectivity index (χ1v) is 11.8. The lowest BCUT2D eigenvalue weighted by Crippen LogP contribution is -2.16. The zero-order valence-electron chi connectivity index (χ0n) is 18.0. The summed E-state index contributed by atoms with van der Waals surface area (Å²) in [4.78, 5) is 25.6. The lowest BCUT2D eigenvalue weighted by Gasteiger charge is -2.12. The SMILES string of the molecule is COc1ccc(S(=O)(=O)CCCC(=O)Nc2ccc(C)cc2C(=O)c2ccccc2)cc1. The lowest BCUT2D eigenvalue weighted by molar-refractivity contribution is -0.116. The molecular weight excluding hydrogens is 426 g/mol. The van der Waals surface area contributed by atoms with Crippen molar-refractivity contribution in [3.05, 3.63) is 89.5 Å². The van der Waals surface area contributed by atoms with Crippen LogP contribution in [0.1, 0.15) is 34.3 Å². The first kappa shape index (κ1) is 23.2. The van der Waals surface area contributed by atoms with Crippen LogP contribution >= 0.6 is 0 Å². The minimum absolute atomic E-state index is 0.0161. The van der Waals surface area contributed by atoms with Crippen LogP contribution in [0.25, 0.3) is 0 Å². The van der Waals surface area contributed by atoms with Crippen molar-refractivity contribution in [2.45, 2.75) is 24.7 Å². The third kappa shape index (κ3) is 5.82. The summed E-state index contributed by atoms with van der Waals surface area (Å²) in [6, 6.07) is 20.2. The average Bonchev–Trinajstić information content (AvgIpc) is 2.80. The molecule has 0 unspecified atom stereocenters. The number of nitrogens with one attached hydrogen (secondary N) is 1. The predicted octanol–water partition coefficient (Wildman–Crippen LogP) is 4.43. The normalized spacial score (nSPS) is 11.1. The molecule has 0 saturated carbocycles. The zero-order chi connectivity index (χ0) is 23.1. The van der Waals surface area contributed by atoms with Gasteiger partial charge in [0, 0.05) is 17.5 Å². The fraction of sp³-hybridized carbons (Fsp3) is 0.200. The van der Waals surface area contributed by atoms with E-state index in [4.69, 9.17) is 4.74 Å². The maximum atomic E-state index is 12.9. The molecule has 3 aromatic rings. The van der Waals surface area contributed by atoms with E-state index in [0.29, 0.717) is 22.6 Å². The maximum absolute atomic E-state index is 12.9. The van der Waals surface area contributed by atoms with Crippen molar-refractivity contribution < 1.29 is 22.7 Å². The van der Waals surface area contributed by atoms with Crippen molar-refractivity contribution in [3.8, 4) is 5.75 Å². The number of ketones is 1. The molecule has 0 heterocycles.